The Labute approximate surface area is 82.5 Å². The van der Waals surface area contributed by atoms with E-state index in [4.69, 9.17) is 5.73 Å². The van der Waals surface area contributed by atoms with Crippen molar-refractivity contribution in [3.8, 4) is 0 Å². The van der Waals surface area contributed by atoms with Crippen LogP contribution < -0.4 is 5.73 Å². The molecule has 1 unspecified atom stereocenters. The highest BCUT2D eigenvalue weighted by molar-refractivity contribution is 4.98. The van der Waals surface area contributed by atoms with E-state index in [1.165, 1.54) is 0 Å². The SMILES string of the molecule is CC(C)(C)C(C)(C(N)O)C(C)(C)C. The van der Waals surface area contributed by atoms with Gasteiger partial charge in [0.1, 0.15) is 6.23 Å². The first-order chi connectivity index (χ1) is 5.44. The lowest BCUT2D eigenvalue weighted by Crippen LogP contribution is -2.55. The van der Waals surface area contributed by atoms with Crippen molar-refractivity contribution >= 4 is 0 Å². The van der Waals surface area contributed by atoms with E-state index in [0.29, 0.717) is 0 Å². The van der Waals surface area contributed by atoms with Gasteiger partial charge in [0.2, 0.25) is 0 Å². The summed E-state index contributed by atoms with van der Waals surface area (Å²) in [4.78, 5) is 0. The molecule has 0 spiro atoms. The van der Waals surface area contributed by atoms with Crippen molar-refractivity contribution in [1.82, 2.24) is 0 Å². The Kier molecular flexibility index (Phi) is 3.23. The van der Waals surface area contributed by atoms with Gasteiger partial charge in [-0.25, -0.2) is 0 Å². The van der Waals surface area contributed by atoms with Crippen LogP contribution in [0.25, 0.3) is 0 Å². The Morgan fingerprint density at radius 1 is 0.846 bits per heavy atom. The fourth-order valence-corrected chi connectivity index (χ4v) is 2.01. The summed E-state index contributed by atoms with van der Waals surface area (Å²) in [6.45, 7) is 14.8. The lowest BCUT2D eigenvalue weighted by Gasteiger charge is -2.53. The lowest BCUT2D eigenvalue weighted by atomic mass is 9.54. The first kappa shape index (κ1) is 12.9. The molecule has 13 heavy (non-hydrogen) atoms. The minimum absolute atomic E-state index is 0.0145. The molecule has 0 aliphatic carbocycles. The summed E-state index contributed by atoms with van der Waals surface area (Å²) in [5.41, 5.74) is 5.38. The van der Waals surface area contributed by atoms with Crippen LogP contribution in [0, 0.1) is 16.2 Å². The monoisotopic (exact) mass is 187 g/mol. The fourth-order valence-electron chi connectivity index (χ4n) is 2.01. The Morgan fingerprint density at radius 3 is 1.08 bits per heavy atom. The van der Waals surface area contributed by atoms with Gasteiger partial charge >= 0.3 is 0 Å². The van der Waals surface area contributed by atoms with E-state index in [9.17, 15) is 5.11 Å². The highest BCUT2D eigenvalue weighted by atomic mass is 16.3. The second kappa shape index (κ2) is 3.25. The van der Waals surface area contributed by atoms with Crippen molar-refractivity contribution in [3.05, 3.63) is 0 Å². The lowest BCUT2D eigenvalue weighted by molar-refractivity contribution is -0.112. The molecule has 2 heteroatoms. The Bertz CT molecular complexity index is 158. The molecule has 0 aromatic heterocycles. The summed E-state index contributed by atoms with van der Waals surface area (Å²) in [6, 6.07) is 0. The number of aliphatic hydroxyl groups excluding tert-OH is 1. The van der Waals surface area contributed by atoms with E-state index in [2.05, 4.69) is 48.5 Å². The molecule has 0 amide bonds. The maximum absolute atomic E-state index is 9.72. The Morgan fingerprint density at radius 2 is 1.08 bits per heavy atom. The summed E-state index contributed by atoms with van der Waals surface area (Å²) in [6.07, 6.45) is -0.785. The summed E-state index contributed by atoms with van der Waals surface area (Å²) < 4.78 is 0. The highest BCUT2D eigenvalue weighted by Crippen LogP contribution is 2.52. The predicted molar refractivity (Wildman–Crippen MR) is 57.2 cm³/mol. The van der Waals surface area contributed by atoms with Crippen LogP contribution in [0.15, 0.2) is 0 Å². The molecule has 1 atom stereocenters. The van der Waals surface area contributed by atoms with Gasteiger partial charge in [-0.1, -0.05) is 48.5 Å². The first-order valence-corrected chi connectivity index (χ1v) is 4.88. The third-order valence-corrected chi connectivity index (χ3v) is 3.71. The molecule has 0 aliphatic heterocycles. The zero-order valence-corrected chi connectivity index (χ0v) is 10.1. The molecule has 0 heterocycles. The Balaban J connectivity index is 5.22. The van der Waals surface area contributed by atoms with E-state index >= 15 is 0 Å². The first-order valence-electron chi connectivity index (χ1n) is 4.88. The van der Waals surface area contributed by atoms with Crippen LogP contribution in [-0.4, -0.2) is 11.3 Å². The van der Waals surface area contributed by atoms with E-state index in [1.54, 1.807) is 0 Å². The Hall–Kier alpha value is -0.0800. The molecule has 0 fully saturated rings. The molecule has 0 saturated heterocycles. The fraction of sp³-hybridized carbons (Fsp3) is 1.00. The minimum Gasteiger partial charge on any atom is -0.378 e. The van der Waals surface area contributed by atoms with E-state index < -0.39 is 6.23 Å². The molecule has 0 saturated carbocycles. The van der Waals surface area contributed by atoms with Gasteiger partial charge < -0.3 is 10.8 Å². The van der Waals surface area contributed by atoms with Crippen LogP contribution in [0.1, 0.15) is 48.5 Å². The topological polar surface area (TPSA) is 46.2 Å². The maximum atomic E-state index is 9.72. The third-order valence-electron chi connectivity index (χ3n) is 3.71. The molecule has 3 N–H and O–H groups in total. The zero-order valence-electron chi connectivity index (χ0n) is 10.1. The van der Waals surface area contributed by atoms with Gasteiger partial charge in [-0.3, -0.25) is 0 Å². The van der Waals surface area contributed by atoms with Crippen molar-refractivity contribution in [2.75, 3.05) is 0 Å². The van der Waals surface area contributed by atoms with Gasteiger partial charge in [0.15, 0.2) is 0 Å². The van der Waals surface area contributed by atoms with Crippen LogP contribution >= 0.6 is 0 Å². The van der Waals surface area contributed by atoms with Crippen LogP contribution in [0.2, 0.25) is 0 Å². The van der Waals surface area contributed by atoms with Gasteiger partial charge in [-0.15, -0.1) is 0 Å². The number of hydrogen-bond acceptors (Lipinski definition) is 2. The summed E-state index contributed by atoms with van der Waals surface area (Å²) in [5.74, 6) is 0. The third kappa shape index (κ3) is 2.05. The maximum Gasteiger partial charge on any atom is 0.108 e. The molecule has 0 radical (unpaired) electrons. The van der Waals surface area contributed by atoms with Crippen molar-refractivity contribution < 1.29 is 5.11 Å². The van der Waals surface area contributed by atoms with Crippen LogP contribution in [0.3, 0.4) is 0 Å². The van der Waals surface area contributed by atoms with Crippen molar-refractivity contribution in [1.29, 1.82) is 0 Å². The molecule has 0 rings (SSSR count). The molecule has 0 aliphatic rings. The highest BCUT2D eigenvalue weighted by Gasteiger charge is 2.50. The van der Waals surface area contributed by atoms with Gasteiger partial charge in [0, 0.05) is 5.41 Å². The quantitative estimate of drug-likeness (QED) is 0.619. The second-order valence-electron chi connectivity index (χ2n) is 6.15. The van der Waals surface area contributed by atoms with Gasteiger partial charge in [-0.05, 0) is 10.8 Å². The molecule has 0 bridgehead atoms. The standard InChI is InChI=1S/C11H25NO/c1-9(2,3)11(7,8(12)13)10(4,5)6/h8,13H,12H2,1-7H3. The average Bonchev–Trinajstić information content (AvgIpc) is 1.80. The van der Waals surface area contributed by atoms with E-state index in [1.807, 2.05) is 0 Å². The number of aliphatic hydroxyl groups is 1. The van der Waals surface area contributed by atoms with Gasteiger partial charge in [0.25, 0.3) is 0 Å². The van der Waals surface area contributed by atoms with Crippen LogP contribution in [-0.2, 0) is 0 Å². The molecule has 80 valence electrons. The van der Waals surface area contributed by atoms with Crippen molar-refractivity contribution in [2.24, 2.45) is 22.0 Å². The smallest absolute Gasteiger partial charge is 0.108 e. The summed E-state index contributed by atoms with van der Waals surface area (Å²) in [7, 11) is 0. The van der Waals surface area contributed by atoms with E-state index in [-0.39, 0.29) is 16.2 Å². The largest absolute Gasteiger partial charge is 0.378 e. The predicted octanol–water partition coefficient (Wildman–Crippen LogP) is 2.36. The van der Waals surface area contributed by atoms with Crippen LogP contribution in [0.4, 0.5) is 0 Å². The normalized spacial score (nSPS) is 17.3. The summed E-state index contributed by atoms with van der Waals surface area (Å²) in [5, 5.41) is 9.72. The average molecular weight is 187 g/mol. The van der Waals surface area contributed by atoms with Crippen molar-refractivity contribution in [2.45, 2.75) is 54.7 Å². The number of nitrogens with two attached hydrogens (primary N) is 1. The molecule has 2 nitrogen and oxygen atoms in total. The minimum atomic E-state index is -0.785. The van der Waals surface area contributed by atoms with E-state index in [0.717, 1.165) is 0 Å². The van der Waals surface area contributed by atoms with Crippen molar-refractivity contribution in [3.63, 3.8) is 0 Å². The molecular formula is C11H25NO. The number of rotatable bonds is 1. The van der Waals surface area contributed by atoms with Gasteiger partial charge in [-0.2, -0.15) is 0 Å². The molecular weight excluding hydrogens is 162 g/mol. The number of hydrogen-bond donors (Lipinski definition) is 2. The van der Waals surface area contributed by atoms with Gasteiger partial charge in [0.05, 0.1) is 0 Å². The summed E-state index contributed by atoms with van der Waals surface area (Å²) >= 11 is 0. The van der Waals surface area contributed by atoms with Crippen LogP contribution in [0.5, 0.6) is 0 Å². The molecule has 0 aromatic carbocycles. The second-order valence-corrected chi connectivity index (χ2v) is 6.15. The molecule has 0 aromatic rings. The zero-order chi connectivity index (χ0) is 11.1.